The van der Waals surface area contributed by atoms with Crippen molar-refractivity contribution < 1.29 is 0 Å². The van der Waals surface area contributed by atoms with Crippen LogP contribution in [0.4, 0.5) is 0 Å². The Morgan fingerprint density at radius 2 is 1.63 bits per heavy atom. The zero-order valence-corrected chi connectivity index (χ0v) is 10.6. The quantitative estimate of drug-likeness (QED) is 0.772. The maximum absolute atomic E-state index is 6.32. The highest BCUT2D eigenvalue weighted by Crippen LogP contribution is 2.21. The van der Waals surface area contributed by atoms with E-state index in [0.29, 0.717) is 0 Å². The minimum absolute atomic E-state index is 0.254. The van der Waals surface area contributed by atoms with Gasteiger partial charge in [0.05, 0.1) is 23.1 Å². The number of nitrogens with zero attached hydrogens (tertiary/aromatic N) is 4. The van der Waals surface area contributed by atoms with E-state index in [1.54, 1.807) is 17.1 Å². The fraction of sp³-hybridized carbons (Fsp3) is 0.143. The fourth-order valence-corrected chi connectivity index (χ4v) is 2.17. The van der Waals surface area contributed by atoms with E-state index in [0.717, 1.165) is 17.1 Å². The van der Waals surface area contributed by atoms with Gasteiger partial charge in [-0.3, -0.25) is 4.68 Å². The molecule has 0 aliphatic rings. The van der Waals surface area contributed by atoms with E-state index in [1.807, 2.05) is 54.2 Å². The zero-order valence-electron chi connectivity index (χ0n) is 10.6. The summed E-state index contributed by atoms with van der Waals surface area (Å²) < 4.78 is 3.64. The number of aromatic nitrogens is 4. The SMILES string of the molecule is Cn1nccc1C(N)c1ccnn1-c1ccccc1. The second kappa shape index (κ2) is 4.70. The van der Waals surface area contributed by atoms with E-state index < -0.39 is 0 Å². The summed E-state index contributed by atoms with van der Waals surface area (Å²) in [5.41, 5.74) is 9.22. The normalized spacial score (nSPS) is 12.5. The molecule has 0 aliphatic carbocycles. The maximum Gasteiger partial charge on any atom is 0.0898 e. The molecule has 3 aromatic rings. The molecule has 0 aliphatic heterocycles. The summed E-state index contributed by atoms with van der Waals surface area (Å²) >= 11 is 0. The molecule has 0 radical (unpaired) electrons. The van der Waals surface area contributed by atoms with Gasteiger partial charge < -0.3 is 5.73 Å². The van der Waals surface area contributed by atoms with Crippen LogP contribution in [0.5, 0.6) is 0 Å². The molecule has 1 atom stereocenters. The van der Waals surface area contributed by atoms with Crippen LogP contribution in [-0.2, 0) is 7.05 Å². The van der Waals surface area contributed by atoms with Gasteiger partial charge in [0.25, 0.3) is 0 Å². The van der Waals surface area contributed by atoms with E-state index in [9.17, 15) is 0 Å². The number of rotatable bonds is 3. The Morgan fingerprint density at radius 3 is 2.32 bits per heavy atom. The summed E-state index contributed by atoms with van der Waals surface area (Å²) in [6.07, 6.45) is 3.51. The van der Waals surface area contributed by atoms with E-state index in [2.05, 4.69) is 10.2 Å². The van der Waals surface area contributed by atoms with Gasteiger partial charge in [-0.15, -0.1) is 0 Å². The molecule has 0 saturated carbocycles. The third-order valence-electron chi connectivity index (χ3n) is 3.17. The molecular formula is C14H15N5. The Kier molecular flexibility index (Phi) is 2.89. The molecule has 2 aromatic heterocycles. The molecule has 0 spiro atoms. The van der Waals surface area contributed by atoms with Gasteiger partial charge >= 0.3 is 0 Å². The Balaban J connectivity index is 2.04. The molecule has 1 aromatic carbocycles. The molecule has 0 bridgehead atoms. The molecule has 1 unspecified atom stereocenters. The van der Waals surface area contributed by atoms with Crippen LogP contribution in [-0.4, -0.2) is 19.6 Å². The lowest BCUT2D eigenvalue weighted by Gasteiger charge is -2.14. The molecule has 2 heterocycles. The number of nitrogens with two attached hydrogens (primary N) is 1. The van der Waals surface area contributed by atoms with Gasteiger partial charge in [-0.25, -0.2) is 4.68 Å². The van der Waals surface area contributed by atoms with E-state index in [-0.39, 0.29) is 6.04 Å². The lowest BCUT2D eigenvalue weighted by Crippen LogP contribution is -2.19. The summed E-state index contributed by atoms with van der Waals surface area (Å²) in [6, 6.07) is 13.6. The highest BCUT2D eigenvalue weighted by molar-refractivity contribution is 5.34. The topological polar surface area (TPSA) is 61.7 Å². The molecule has 5 nitrogen and oxygen atoms in total. The monoisotopic (exact) mass is 253 g/mol. The lowest BCUT2D eigenvalue weighted by atomic mass is 10.1. The van der Waals surface area contributed by atoms with Crippen molar-refractivity contribution in [2.45, 2.75) is 6.04 Å². The zero-order chi connectivity index (χ0) is 13.2. The van der Waals surface area contributed by atoms with E-state index >= 15 is 0 Å². The lowest BCUT2D eigenvalue weighted by molar-refractivity contribution is 0.645. The van der Waals surface area contributed by atoms with Gasteiger partial charge in [-0.05, 0) is 24.3 Å². The van der Waals surface area contributed by atoms with Crippen molar-refractivity contribution in [3.05, 3.63) is 66.2 Å². The van der Waals surface area contributed by atoms with Gasteiger partial charge in [-0.2, -0.15) is 10.2 Å². The predicted molar refractivity (Wildman–Crippen MR) is 72.8 cm³/mol. The van der Waals surface area contributed by atoms with Crippen LogP contribution in [0.25, 0.3) is 5.69 Å². The predicted octanol–water partition coefficient (Wildman–Crippen LogP) is 1.65. The summed E-state index contributed by atoms with van der Waals surface area (Å²) in [6.45, 7) is 0. The third kappa shape index (κ3) is 2.04. The van der Waals surface area contributed by atoms with E-state index in [4.69, 9.17) is 5.73 Å². The van der Waals surface area contributed by atoms with E-state index in [1.165, 1.54) is 0 Å². The number of benzene rings is 1. The standard InChI is InChI=1S/C14H15N5/c1-18-12(7-9-16-18)14(15)13-8-10-17-19(13)11-5-3-2-4-6-11/h2-10,14H,15H2,1H3. The number of hydrogen-bond donors (Lipinski definition) is 1. The van der Waals surface area contributed by atoms with Gasteiger partial charge in [0.15, 0.2) is 0 Å². The first-order chi connectivity index (χ1) is 9.27. The van der Waals surface area contributed by atoms with Gasteiger partial charge in [-0.1, -0.05) is 18.2 Å². The first-order valence-corrected chi connectivity index (χ1v) is 6.10. The molecule has 96 valence electrons. The van der Waals surface area contributed by atoms with Crippen molar-refractivity contribution in [1.82, 2.24) is 19.6 Å². The van der Waals surface area contributed by atoms with Crippen molar-refractivity contribution in [2.75, 3.05) is 0 Å². The Hall–Kier alpha value is -2.40. The van der Waals surface area contributed by atoms with Crippen LogP contribution in [0, 0.1) is 0 Å². The van der Waals surface area contributed by atoms with Gasteiger partial charge in [0, 0.05) is 19.4 Å². The summed E-state index contributed by atoms with van der Waals surface area (Å²) in [7, 11) is 1.89. The number of para-hydroxylation sites is 1. The van der Waals surface area contributed by atoms with Crippen LogP contribution >= 0.6 is 0 Å². The molecule has 3 rings (SSSR count). The second-order valence-corrected chi connectivity index (χ2v) is 4.36. The Bertz CT molecular complexity index is 668. The smallest absolute Gasteiger partial charge is 0.0898 e. The third-order valence-corrected chi connectivity index (χ3v) is 3.17. The summed E-state index contributed by atoms with van der Waals surface area (Å²) in [5.74, 6) is 0. The molecule has 0 amide bonds. The average Bonchev–Trinajstić information content (AvgIpc) is 3.07. The minimum Gasteiger partial charge on any atom is -0.318 e. The largest absolute Gasteiger partial charge is 0.318 e. The molecule has 2 N–H and O–H groups in total. The second-order valence-electron chi connectivity index (χ2n) is 4.36. The Morgan fingerprint density at radius 1 is 0.947 bits per heavy atom. The van der Waals surface area contributed by atoms with Crippen LogP contribution < -0.4 is 5.73 Å². The van der Waals surface area contributed by atoms with Crippen molar-refractivity contribution in [2.24, 2.45) is 12.8 Å². The van der Waals surface area contributed by atoms with Crippen LogP contribution in [0.1, 0.15) is 17.4 Å². The summed E-state index contributed by atoms with van der Waals surface area (Å²) in [5, 5.41) is 8.51. The van der Waals surface area contributed by atoms with Gasteiger partial charge in [0.1, 0.15) is 0 Å². The summed E-state index contributed by atoms with van der Waals surface area (Å²) in [4.78, 5) is 0. The van der Waals surface area contributed by atoms with Crippen LogP contribution in [0.2, 0.25) is 0 Å². The molecule has 5 heteroatoms. The van der Waals surface area contributed by atoms with Crippen LogP contribution in [0.3, 0.4) is 0 Å². The van der Waals surface area contributed by atoms with Crippen LogP contribution in [0.15, 0.2) is 54.9 Å². The highest BCUT2D eigenvalue weighted by atomic mass is 15.3. The fourth-order valence-electron chi connectivity index (χ4n) is 2.17. The number of hydrogen-bond acceptors (Lipinski definition) is 3. The number of aryl methyl sites for hydroxylation is 1. The first kappa shape index (κ1) is 11.7. The van der Waals surface area contributed by atoms with Crippen molar-refractivity contribution >= 4 is 0 Å². The average molecular weight is 253 g/mol. The first-order valence-electron chi connectivity index (χ1n) is 6.10. The molecular weight excluding hydrogens is 238 g/mol. The molecule has 19 heavy (non-hydrogen) atoms. The Labute approximate surface area is 111 Å². The van der Waals surface area contributed by atoms with Crippen molar-refractivity contribution in [3.63, 3.8) is 0 Å². The van der Waals surface area contributed by atoms with Crippen molar-refractivity contribution in [3.8, 4) is 5.69 Å². The van der Waals surface area contributed by atoms with Crippen molar-refractivity contribution in [1.29, 1.82) is 0 Å². The maximum atomic E-state index is 6.32. The molecule has 0 saturated heterocycles. The molecule has 0 fully saturated rings. The van der Waals surface area contributed by atoms with Gasteiger partial charge in [0.2, 0.25) is 0 Å². The minimum atomic E-state index is -0.254. The highest BCUT2D eigenvalue weighted by Gasteiger charge is 2.17.